The molecule has 0 aliphatic carbocycles. The molecule has 186 valence electrons. The number of halogens is 2. The Morgan fingerprint density at radius 2 is 1.80 bits per heavy atom. The highest BCUT2D eigenvalue weighted by molar-refractivity contribution is 6.31. The molecule has 1 unspecified atom stereocenters. The Balaban J connectivity index is 1.35. The maximum absolute atomic E-state index is 14.2. The molecule has 0 saturated carbocycles. The van der Waals surface area contributed by atoms with Crippen LogP contribution in [0.5, 0.6) is 5.75 Å². The molecule has 1 aromatic carbocycles. The summed E-state index contributed by atoms with van der Waals surface area (Å²) in [6.07, 6.45) is 5.25. The number of ether oxygens (including phenoxy) is 1. The van der Waals surface area contributed by atoms with E-state index in [1.807, 2.05) is 13.8 Å². The van der Waals surface area contributed by atoms with Crippen molar-refractivity contribution < 1.29 is 13.9 Å². The highest BCUT2D eigenvalue weighted by atomic mass is 35.5. The smallest absolute Gasteiger partial charge is 0.258 e. The van der Waals surface area contributed by atoms with Crippen LogP contribution in [0.25, 0.3) is 5.57 Å². The van der Waals surface area contributed by atoms with Gasteiger partial charge >= 0.3 is 0 Å². The number of hydrogen-bond donors (Lipinski definition) is 1. The molecule has 0 spiro atoms. The number of amides is 1. The summed E-state index contributed by atoms with van der Waals surface area (Å²) >= 11 is 6.22. The number of aryl methyl sites for hydroxylation is 2. The second kappa shape index (κ2) is 9.39. The lowest BCUT2D eigenvalue weighted by molar-refractivity contribution is -0.000295. The van der Waals surface area contributed by atoms with Crippen LogP contribution in [-0.4, -0.2) is 64.0 Å². The minimum absolute atomic E-state index is 0.0411. The second-order valence-electron chi connectivity index (χ2n) is 9.95. The molecule has 35 heavy (non-hydrogen) atoms. The summed E-state index contributed by atoms with van der Waals surface area (Å²) in [5, 5.41) is 0.519. The van der Waals surface area contributed by atoms with Gasteiger partial charge in [-0.15, -0.1) is 0 Å². The van der Waals surface area contributed by atoms with Gasteiger partial charge in [-0.3, -0.25) is 4.79 Å². The Morgan fingerprint density at radius 3 is 2.46 bits per heavy atom. The van der Waals surface area contributed by atoms with Gasteiger partial charge in [-0.2, -0.15) is 0 Å². The van der Waals surface area contributed by atoms with Crippen LogP contribution in [0.15, 0.2) is 23.9 Å². The molecule has 1 aromatic heterocycles. The van der Waals surface area contributed by atoms with Gasteiger partial charge in [0.25, 0.3) is 5.91 Å². The summed E-state index contributed by atoms with van der Waals surface area (Å²) in [6.45, 7) is 4.14. The third kappa shape index (κ3) is 4.61. The van der Waals surface area contributed by atoms with Crippen molar-refractivity contribution in [1.82, 2.24) is 19.8 Å². The van der Waals surface area contributed by atoms with Crippen molar-refractivity contribution in [3.05, 3.63) is 57.5 Å². The number of nitrogens with zero attached hydrogens (tertiary/aromatic N) is 4. The van der Waals surface area contributed by atoms with E-state index in [-0.39, 0.29) is 25.1 Å². The van der Waals surface area contributed by atoms with Crippen LogP contribution in [0.3, 0.4) is 0 Å². The molecule has 3 aliphatic rings. The summed E-state index contributed by atoms with van der Waals surface area (Å²) in [7, 11) is 2.18. The second-order valence-corrected chi connectivity index (χ2v) is 10.3. The predicted molar refractivity (Wildman–Crippen MR) is 133 cm³/mol. The van der Waals surface area contributed by atoms with E-state index in [9.17, 15) is 9.18 Å². The van der Waals surface area contributed by atoms with E-state index in [0.717, 1.165) is 25.7 Å². The minimum atomic E-state index is -0.426. The van der Waals surface area contributed by atoms with Crippen molar-refractivity contribution in [1.29, 1.82) is 0 Å². The van der Waals surface area contributed by atoms with Crippen molar-refractivity contribution in [2.45, 2.75) is 64.1 Å². The zero-order valence-electron chi connectivity index (χ0n) is 20.4. The van der Waals surface area contributed by atoms with E-state index in [1.54, 1.807) is 4.90 Å². The van der Waals surface area contributed by atoms with Gasteiger partial charge in [0.15, 0.2) is 5.82 Å². The standard InChI is InChI=1S/C26H31ClFN5O2/c1-14-24(27)15(2)31-25(30-14)21-12-33(13-22(21)29)26(34)20-8-7-16(28)9-23(20)35-19-10-17-5-4-6-18(11-19)32(17)3/h7-9,17-19H,4-6,10-13,29H2,1-3H3/t17-,18+,19?. The number of carbonyl (C=O) groups is 1. The molecule has 0 radical (unpaired) electrons. The zero-order valence-corrected chi connectivity index (χ0v) is 21.1. The van der Waals surface area contributed by atoms with Crippen molar-refractivity contribution in [3.63, 3.8) is 0 Å². The highest BCUT2D eigenvalue weighted by Gasteiger charge is 2.38. The maximum Gasteiger partial charge on any atom is 0.258 e. The fraction of sp³-hybridized carbons (Fsp3) is 0.500. The number of aromatic nitrogens is 2. The fourth-order valence-electron chi connectivity index (χ4n) is 5.63. The van der Waals surface area contributed by atoms with E-state index < -0.39 is 5.82 Å². The van der Waals surface area contributed by atoms with E-state index in [4.69, 9.17) is 22.1 Å². The zero-order chi connectivity index (χ0) is 24.9. The monoisotopic (exact) mass is 499 g/mol. The average molecular weight is 500 g/mol. The molecule has 9 heteroatoms. The summed E-state index contributed by atoms with van der Waals surface area (Å²) in [5.74, 6) is 0.0909. The predicted octanol–water partition coefficient (Wildman–Crippen LogP) is 4.11. The van der Waals surface area contributed by atoms with Gasteiger partial charge in [-0.25, -0.2) is 14.4 Å². The summed E-state index contributed by atoms with van der Waals surface area (Å²) in [5.41, 5.74) is 9.21. The molecule has 2 aromatic rings. The third-order valence-corrected chi connectivity index (χ3v) is 8.15. The van der Waals surface area contributed by atoms with Crippen LogP contribution in [0.2, 0.25) is 5.02 Å². The van der Waals surface area contributed by atoms with Crippen LogP contribution in [0.4, 0.5) is 4.39 Å². The molecular formula is C26H31ClFN5O2. The Labute approximate surface area is 210 Å². The van der Waals surface area contributed by atoms with E-state index in [2.05, 4.69) is 21.9 Å². The summed E-state index contributed by atoms with van der Waals surface area (Å²) < 4.78 is 20.5. The molecule has 1 amide bonds. The lowest BCUT2D eigenvalue weighted by Crippen LogP contribution is -2.52. The number of rotatable bonds is 4. The molecule has 2 saturated heterocycles. The summed E-state index contributed by atoms with van der Waals surface area (Å²) in [6, 6.07) is 5.06. The number of hydrogen-bond acceptors (Lipinski definition) is 6. The third-order valence-electron chi connectivity index (χ3n) is 7.60. The molecule has 5 rings (SSSR count). The Kier molecular flexibility index (Phi) is 6.44. The SMILES string of the molecule is Cc1nc(C2=C(N)CN(C(=O)c3ccc(F)cc3OC3C[C@H]4CCC[C@@H](C3)N4C)C2)nc(C)c1Cl. The van der Waals surface area contributed by atoms with Crippen LogP contribution in [0.1, 0.15) is 59.7 Å². The van der Waals surface area contributed by atoms with E-state index in [1.165, 1.54) is 24.6 Å². The van der Waals surface area contributed by atoms with Crippen LogP contribution < -0.4 is 10.5 Å². The van der Waals surface area contributed by atoms with E-state index in [0.29, 0.717) is 56.9 Å². The van der Waals surface area contributed by atoms with Gasteiger partial charge in [0.1, 0.15) is 17.7 Å². The largest absolute Gasteiger partial charge is 0.489 e. The molecule has 2 N–H and O–H groups in total. The Morgan fingerprint density at radius 1 is 1.14 bits per heavy atom. The topological polar surface area (TPSA) is 84.6 Å². The van der Waals surface area contributed by atoms with Crippen molar-refractivity contribution in [3.8, 4) is 5.75 Å². The number of benzene rings is 1. The molecule has 4 heterocycles. The quantitative estimate of drug-likeness (QED) is 0.681. The van der Waals surface area contributed by atoms with Gasteiger partial charge in [0, 0.05) is 29.4 Å². The Hall–Kier alpha value is -2.71. The average Bonchev–Trinajstić information content (AvgIpc) is 3.19. The summed E-state index contributed by atoms with van der Waals surface area (Å²) in [4.78, 5) is 26.6. The number of nitrogens with two attached hydrogens (primary N) is 1. The van der Waals surface area contributed by atoms with Gasteiger partial charge in [-0.05, 0) is 58.7 Å². The molecule has 7 nitrogen and oxygen atoms in total. The maximum atomic E-state index is 14.2. The van der Waals surface area contributed by atoms with Crippen molar-refractivity contribution in [2.24, 2.45) is 5.73 Å². The Bertz CT molecular complexity index is 1170. The first-order valence-electron chi connectivity index (χ1n) is 12.2. The number of carbonyl (C=O) groups excluding carboxylic acids is 1. The molecule has 2 fully saturated rings. The molecule has 2 bridgehead atoms. The van der Waals surface area contributed by atoms with Gasteiger partial charge in [0.2, 0.25) is 0 Å². The van der Waals surface area contributed by atoms with Crippen LogP contribution in [0, 0.1) is 19.7 Å². The first kappa shape index (κ1) is 24.0. The van der Waals surface area contributed by atoms with Crippen molar-refractivity contribution >= 4 is 23.1 Å². The van der Waals surface area contributed by atoms with Gasteiger partial charge in [0.05, 0.1) is 35.1 Å². The van der Waals surface area contributed by atoms with Crippen molar-refractivity contribution in [2.75, 3.05) is 20.1 Å². The first-order chi connectivity index (χ1) is 16.7. The minimum Gasteiger partial charge on any atom is -0.489 e. The first-order valence-corrected chi connectivity index (χ1v) is 12.5. The van der Waals surface area contributed by atoms with Gasteiger partial charge in [-0.1, -0.05) is 18.0 Å². The molecular weight excluding hydrogens is 469 g/mol. The molecule has 3 atom stereocenters. The van der Waals surface area contributed by atoms with Gasteiger partial charge < -0.3 is 20.3 Å². The normalized spacial score (nSPS) is 24.7. The number of fused-ring (bicyclic) bond motifs is 2. The lowest BCUT2D eigenvalue weighted by atomic mass is 9.83. The molecule has 3 aliphatic heterocycles. The van der Waals surface area contributed by atoms with Crippen LogP contribution in [-0.2, 0) is 0 Å². The number of piperidine rings is 2. The fourth-order valence-corrected chi connectivity index (χ4v) is 5.71. The lowest BCUT2D eigenvalue weighted by Gasteiger charge is -2.46. The highest BCUT2D eigenvalue weighted by Crippen LogP contribution is 2.36. The van der Waals surface area contributed by atoms with Crippen LogP contribution >= 0.6 is 11.6 Å². The van der Waals surface area contributed by atoms with E-state index >= 15 is 0 Å².